The van der Waals surface area contributed by atoms with Crippen molar-refractivity contribution in [3.8, 4) is 5.75 Å². The Morgan fingerprint density at radius 3 is 3.05 bits per heavy atom. The molecule has 1 saturated heterocycles. The third-order valence-electron chi connectivity index (χ3n) is 3.82. The molecule has 1 heterocycles. The van der Waals surface area contributed by atoms with Gasteiger partial charge in [0.1, 0.15) is 5.75 Å². The lowest BCUT2D eigenvalue weighted by atomic mass is 9.96. The molecule has 0 spiro atoms. The molecule has 1 aliphatic rings. The number of hydrogen-bond acceptors (Lipinski definition) is 4. The fourth-order valence-electron chi connectivity index (χ4n) is 2.78. The first kappa shape index (κ1) is 14.7. The number of nitrogens with one attached hydrogen (secondary N) is 1. The van der Waals surface area contributed by atoms with Gasteiger partial charge in [0.2, 0.25) is 5.91 Å². The van der Waals surface area contributed by atoms with Gasteiger partial charge in [-0.1, -0.05) is 0 Å². The number of carbonyl (C=O) groups is 1. The molecule has 0 aromatic heterocycles. The summed E-state index contributed by atoms with van der Waals surface area (Å²) in [5.41, 5.74) is 7.66. The Bertz CT molecular complexity index is 476. The van der Waals surface area contributed by atoms with Crippen LogP contribution < -0.4 is 15.8 Å². The summed E-state index contributed by atoms with van der Waals surface area (Å²) < 4.78 is 5.38. The zero-order chi connectivity index (χ0) is 14.5. The quantitative estimate of drug-likeness (QED) is 0.812. The molecule has 1 aliphatic heterocycles. The van der Waals surface area contributed by atoms with Crippen molar-refractivity contribution in [1.82, 2.24) is 10.2 Å². The highest BCUT2D eigenvalue weighted by Gasteiger charge is 2.25. The number of ether oxygens (including phenoxy) is 1. The van der Waals surface area contributed by atoms with Crippen LogP contribution in [0.2, 0.25) is 0 Å². The number of nitrogens with two attached hydrogens (primary N) is 1. The maximum atomic E-state index is 11.8. The van der Waals surface area contributed by atoms with Crippen molar-refractivity contribution in [2.75, 3.05) is 33.0 Å². The number of nitrogens with zero attached hydrogens (tertiary/aromatic N) is 1. The summed E-state index contributed by atoms with van der Waals surface area (Å²) in [5, 5.41) is 2.74. The lowest BCUT2D eigenvalue weighted by Gasteiger charge is -2.32. The molecule has 1 aromatic carbocycles. The summed E-state index contributed by atoms with van der Waals surface area (Å²) in [6.07, 6.45) is 2.01. The van der Waals surface area contributed by atoms with Crippen LogP contribution in [0.25, 0.3) is 0 Å². The van der Waals surface area contributed by atoms with Gasteiger partial charge in [-0.25, -0.2) is 0 Å². The van der Waals surface area contributed by atoms with Crippen LogP contribution in [0.1, 0.15) is 18.4 Å². The first-order valence-corrected chi connectivity index (χ1v) is 7.00. The normalized spacial score (nSPS) is 19.6. The van der Waals surface area contributed by atoms with Crippen molar-refractivity contribution in [3.63, 3.8) is 0 Å². The lowest BCUT2D eigenvalue weighted by Crippen LogP contribution is -2.41. The topological polar surface area (TPSA) is 67.6 Å². The van der Waals surface area contributed by atoms with E-state index in [2.05, 4.69) is 10.2 Å². The van der Waals surface area contributed by atoms with E-state index in [1.54, 1.807) is 14.2 Å². The zero-order valence-electron chi connectivity index (χ0n) is 12.2. The number of anilines is 1. The predicted octanol–water partition coefficient (Wildman–Crippen LogP) is 1.24. The van der Waals surface area contributed by atoms with Crippen molar-refractivity contribution in [2.45, 2.75) is 19.4 Å². The number of amides is 1. The van der Waals surface area contributed by atoms with E-state index >= 15 is 0 Å². The van der Waals surface area contributed by atoms with E-state index in [1.807, 2.05) is 18.2 Å². The van der Waals surface area contributed by atoms with E-state index in [-0.39, 0.29) is 11.8 Å². The molecular weight excluding hydrogens is 254 g/mol. The summed E-state index contributed by atoms with van der Waals surface area (Å²) in [6.45, 7) is 2.56. The molecule has 0 saturated carbocycles. The van der Waals surface area contributed by atoms with Crippen LogP contribution in [-0.2, 0) is 11.3 Å². The molecule has 1 aromatic rings. The standard InChI is InChI=1S/C15H23N3O2/c1-17-15(19)11-4-3-7-18(9-11)10-12-8-13(16)5-6-14(12)20-2/h5-6,8,11H,3-4,7,9-10,16H2,1-2H3,(H,17,19). The van der Waals surface area contributed by atoms with E-state index in [0.717, 1.165) is 49.5 Å². The second-order valence-corrected chi connectivity index (χ2v) is 5.26. The maximum absolute atomic E-state index is 11.8. The van der Waals surface area contributed by atoms with Crippen molar-refractivity contribution >= 4 is 11.6 Å². The van der Waals surface area contributed by atoms with Crippen molar-refractivity contribution in [2.24, 2.45) is 5.92 Å². The van der Waals surface area contributed by atoms with Gasteiger partial charge in [0.15, 0.2) is 0 Å². The maximum Gasteiger partial charge on any atom is 0.224 e. The molecule has 5 heteroatoms. The minimum Gasteiger partial charge on any atom is -0.496 e. The third-order valence-corrected chi connectivity index (χ3v) is 3.82. The Balaban J connectivity index is 2.06. The van der Waals surface area contributed by atoms with Crippen LogP contribution in [0, 0.1) is 5.92 Å². The van der Waals surface area contributed by atoms with Crippen LogP contribution in [0.4, 0.5) is 5.69 Å². The molecule has 110 valence electrons. The van der Waals surface area contributed by atoms with E-state index in [9.17, 15) is 4.79 Å². The van der Waals surface area contributed by atoms with Crippen LogP contribution in [0.3, 0.4) is 0 Å². The molecule has 0 bridgehead atoms. The van der Waals surface area contributed by atoms with Gasteiger partial charge in [-0.05, 0) is 37.6 Å². The van der Waals surface area contributed by atoms with Crippen LogP contribution >= 0.6 is 0 Å². The summed E-state index contributed by atoms with van der Waals surface area (Å²) in [4.78, 5) is 14.1. The second kappa shape index (κ2) is 6.61. The fourth-order valence-corrected chi connectivity index (χ4v) is 2.78. The minimum atomic E-state index is 0.0841. The largest absolute Gasteiger partial charge is 0.496 e. The Hall–Kier alpha value is -1.75. The number of methoxy groups -OCH3 is 1. The van der Waals surface area contributed by atoms with Crippen LogP contribution in [0.5, 0.6) is 5.75 Å². The molecule has 1 atom stereocenters. The highest BCUT2D eigenvalue weighted by molar-refractivity contribution is 5.78. The van der Waals surface area contributed by atoms with Gasteiger partial charge in [0, 0.05) is 31.4 Å². The number of nitrogen functional groups attached to an aromatic ring is 1. The highest BCUT2D eigenvalue weighted by atomic mass is 16.5. The van der Waals surface area contributed by atoms with E-state index in [1.165, 1.54) is 0 Å². The minimum absolute atomic E-state index is 0.0841. The molecule has 2 rings (SSSR count). The van der Waals surface area contributed by atoms with E-state index in [0.29, 0.717) is 0 Å². The smallest absolute Gasteiger partial charge is 0.224 e. The number of hydrogen-bond donors (Lipinski definition) is 2. The van der Waals surface area contributed by atoms with Gasteiger partial charge in [0.25, 0.3) is 0 Å². The first-order chi connectivity index (χ1) is 9.63. The van der Waals surface area contributed by atoms with Gasteiger partial charge >= 0.3 is 0 Å². The highest BCUT2D eigenvalue weighted by Crippen LogP contribution is 2.25. The molecular formula is C15H23N3O2. The predicted molar refractivity (Wildman–Crippen MR) is 79.5 cm³/mol. The van der Waals surface area contributed by atoms with E-state index < -0.39 is 0 Å². The molecule has 1 unspecified atom stereocenters. The number of benzene rings is 1. The van der Waals surface area contributed by atoms with Gasteiger partial charge in [-0.15, -0.1) is 0 Å². The zero-order valence-corrected chi connectivity index (χ0v) is 12.2. The average molecular weight is 277 g/mol. The monoisotopic (exact) mass is 277 g/mol. The van der Waals surface area contributed by atoms with Crippen molar-refractivity contribution < 1.29 is 9.53 Å². The van der Waals surface area contributed by atoms with Gasteiger partial charge in [-0.3, -0.25) is 9.69 Å². The summed E-state index contributed by atoms with van der Waals surface area (Å²) >= 11 is 0. The second-order valence-electron chi connectivity index (χ2n) is 5.26. The number of piperidine rings is 1. The Morgan fingerprint density at radius 1 is 1.55 bits per heavy atom. The third kappa shape index (κ3) is 3.42. The summed E-state index contributed by atoms with van der Waals surface area (Å²) in [6, 6.07) is 5.68. The SMILES string of the molecule is CNC(=O)C1CCCN(Cc2cc(N)ccc2OC)C1. The van der Waals surface area contributed by atoms with Crippen LogP contribution in [0.15, 0.2) is 18.2 Å². The van der Waals surface area contributed by atoms with E-state index in [4.69, 9.17) is 10.5 Å². The number of likely N-dealkylation sites (tertiary alicyclic amines) is 1. The molecule has 0 aliphatic carbocycles. The number of carbonyl (C=O) groups excluding carboxylic acids is 1. The molecule has 3 N–H and O–H groups in total. The summed E-state index contributed by atoms with van der Waals surface area (Å²) in [5.74, 6) is 1.07. The van der Waals surface area contributed by atoms with Gasteiger partial charge < -0.3 is 15.8 Å². The molecule has 0 radical (unpaired) electrons. The fraction of sp³-hybridized carbons (Fsp3) is 0.533. The molecule has 5 nitrogen and oxygen atoms in total. The van der Waals surface area contributed by atoms with Gasteiger partial charge in [-0.2, -0.15) is 0 Å². The average Bonchev–Trinajstić information content (AvgIpc) is 2.47. The number of rotatable bonds is 4. The molecule has 20 heavy (non-hydrogen) atoms. The van der Waals surface area contributed by atoms with Crippen molar-refractivity contribution in [1.29, 1.82) is 0 Å². The Morgan fingerprint density at radius 2 is 2.35 bits per heavy atom. The van der Waals surface area contributed by atoms with Crippen LogP contribution in [-0.4, -0.2) is 38.1 Å². The Labute approximate surface area is 120 Å². The van der Waals surface area contributed by atoms with Crippen molar-refractivity contribution in [3.05, 3.63) is 23.8 Å². The Kier molecular flexibility index (Phi) is 4.84. The molecule has 1 fully saturated rings. The molecule has 1 amide bonds. The lowest BCUT2D eigenvalue weighted by molar-refractivity contribution is -0.126. The van der Waals surface area contributed by atoms with Gasteiger partial charge in [0.05, 0.1) is 13.0 Å². The first-order valence-electron chi connectivity index (χ1n) is 7.00. The summed E-state index contributed by atoms with van der Waals surface area (Å²) in [7, 11) is 3.36.